The van der Waals surface area contributed by atoms with Crippen LogP contribution in [0.15, 0.2) is 48.8 Å². The van der Waals surface area contributed by atoms with Crippen molar-refractivity contribution in [1.29, 1.82) is 0 Å². The van der Waals surface area contributed by atoms with Crippen LogP contribution in [0.3, 0.4) is 0 Å². The molecule has 0 spiro atoms. The first-order chi connectivity index (χ1) is 7.77. The fourth-order valence-electron chi connectivity index (χ4n) is 1.65. The van der Waals surface area contributed by atoms with E-state index >= 15 is 0 Å². The average Bonchev–Trinajstić information content (AvgIpc) is 2.30. The highest BCUT2D eigenvalue weighted by Gasteiger charge is 2.07. The second kappa shape index (κ2) is 4.57. The number of aromatic nitrogens is 1. The minimum atomic E-state index is -0.818. The zero-order chi connectivity index (χ0) is 11.4. The lowest BCUT2D eigenvalue weighted by molar-refractivity contribution is -0.136. The van der Waals surface area contributed by atoms with Gasteiger partial charge in [0, 0.05) is 12.4 Å². The van der Waals surface area contributed by atoms with E-state index in [0.717, 1.165) is 16.7 Å². The van der Waals surface area contributed by atoms with Crippen molar-refractivity contribution in [1.82, 2.24) is 4.98 Å². The summed E-state index contributed by atoms with van der Waals surface area (Å²) in [4.78, 5) is 14.7. The van der Waals surface area contributed by atoms with E-state index in [0.29, 0.717) is 0 Å². The monoisotopic (exact) mass is 213 g/mol. The van der Waals surface area contributed by atoms with Crippen molar-refractivity contribution >= 4 is 5.97 Å². The summed E-state index contributed by atoms with van der Waals surface area (Å²) >= 11 is 0. The molecule has 1 aromatic heterocycles. The molecule has 0 radical (unpaired) electrons. The quantitative estimate of drug-likeness (QED) is 0.851. The number of benzene rings is 1. The Morgan fingerprint density at radius 2 is 1.81 bits per heavy atom. The Hall–Kier alpha value is -2.16. The third kappa shape index (κ3) is 2.25. The van der Waals surface area contributed by atoms with Crippen molar-refractivity contribution in [3.05, 3.63) is 54.4 Å². The molecule has 2 aromatic rings. The van der Waals surface area contributed by atoms with E-state index in [4.69, 9.17) is 5.11 Å². The smallest absolute Gasteiger partial charge is 0.307 e. The molecule has 0 bridgehead atoms. The predicted molar refractivity (Wildman–Crippen MR) is 61.0 cm³/mol. The molecule has 3 nitrogen and oxygen atoms in total. The van der Waals surface area contributed by atoms with E-state index in [1.807, 2.05) is 36.4 Å². The molecule has 1 N–H and O–H groups in total. The number of aliphatic carboxylic acids is 1. The second-order valence-corrected chi connectivity index (χ2v) is 3.46. The number of carboxylic acid groups (broad SMARTS) is 1. The first-order valence-corrected chi connectivity index (χ1v) is 4.97. The molecule has 0 saturated heterocycles. The number of rotatable bonds is 3. The molecule has 0 aliphatic carbocycles. The van der Waals surface area contributed by atoms with Gasteiger partial charge in [0.05, 0.1) is 6.42 Å². The van der Waals surface area contributed by atoms with Crippen molar-refractivity contribution in [2.45, 2.75) is 6.42 Å². The Balaban J connectivity index is 2.44. The molecule has 0 unspecified atom stereocenters. The van der Waals surface area contributed by atoms with Gasteiger partial charge in [0.15, 0.2) is 0 Å². The van der Waals surface area contributed by atoms with Crippen LogP contribution >= 0.6 is 0 Å². The average molecular weight is 213 g/mol. The molecule has 80 valence electrons. The van der Waals surface area contributed by atoms with Gasteiger partial charge in [0.2, 0.25) is 0 Å². The van der Waals surface area contributed by atoms with Crippen molar-refractivity contribution in [2.24, 2.45) is 0 Å². The Morgan fingerprint density at radius 3 is 2.50 bits per heavy atom. The molecule has 0 aliphatic rings. The molecule has 3 heteroatoms. The van der Waals surface area contributed by atoms with Gasteiger partial charge >= 0.3 is 5.97 Å². The summed E-state index contributed by atoms with van der Waals surface area (Å²) in [5.41, 5.74) is 2.76. The molecule has 0 saturated carbocycles. The van der Waals surface area contributed by atoms with E-state index in [1.165, 1.54) is 0 Å². The first-order valence-electron chi connectivity index (χ1n) is 4.97. The number of carbonyl (C=O) groups is 1. The van der Waals surface area contributed by atoms with E-state index in [9.17, 15) is 4.79 Å². The van der Waals surface area contributed by atoms with Crippen LogP contribution in [0.5, 0.6) is 0 Å². The highest BCUT2D eigenvalue weighted by Crippen LogP contribution is 2.23. The van der Waals surface area contributed by atoms with Crippen molar-refractivity contribution in [3.63, 3.8) is 0 Å². The van der Waals surface area contributed by atoms with Gasteiger partial charge in [0.1, 0.15) is 0 Å². The van der Waals surface area contributed by atoms with Crippen LogP contribution in [0.2, 0.25) is 0 Å². The number of pyridine rings is 1. The van der Waals surface area contributed by atoms with Crippen LogP contribution in [0.4, 0.5) is 0 Å². The maximum absolute atomic E-state index is 10.7. The molecule has 0 fully saturated rings. The molecule has 0 amide bonds. The van der Waals surface area contributed by atoms with E-state index in [-0.39, 0.29) is 6.42 Å². The van der Waals surface area contributed by atoms with Gasteiger partial charge in [-0.2, -0.15) is 0 Å². The molecular formula is C13H11NO2. The van der Waals surface area contributed by atoms with Gasteiger partial charge in [-0.25, -0.2) is 0 Å². The van der Waals surface area contributed by atoms with E-state index in [1.54, 1.807) is 12.4 Å². The second-order valence-electron chi connectivity index (χ2n) is 3.46. The Morgan fingerprint density at radius 1 is 1.12 bits per heavy atom. The normalized spacial score (nSPS) is 10.0. The lowest BCUT2D eigenvalue weighted by atomic mass is 9.99. The van der Waals surface area contributed by atoms with Gasteiger partial charge < -0.3 is 5.11 Å². The topological polar surface area (TPSA) is 50.2 Å². The van der Waals surface area contributed by atoms with Gasteiger partial charge in [-0.05, 0) is 28.8 Å². The van der Waals surface area contributed by atoms with Crippen LogP contribution in [-0.4, -0.2) is 16.1 Å². The Bertz CT molecular complexity index is 494. The van der Waals surface area contributed by atoms with Gasteiger partial charge in [-0.3, -0.25) is 9.78 Å². The maximum Gasteiger partial charge on any atom is 0.307 e. The molecule has 1 aromatic carbocycles. The third-order valence-electron chi connectivity index (χ3n) is 2.35. The number of nitrogens with zero attached hydrogens (tertiary/aromatic N) is 1. The molecule has 16 heavy (non-hydrogen) atoms. The van der Waals surface area contributed by atoms with Crippen LogP contribution in [-0.2, 0) is 11.2 Å². The molecule has 0 aliphatic heterocycles. The van der Waals surface area contributed by atoms with Crippen molar-refractivity contribution in [2.75, 3.05) is 0 Å². The largest absolute Gasteiger partial charge is 0.481 e. The molecular weight excluding hydrogens is 202 g/mol. The fourth-order valence-corrected chi connectivity index (χ4v) is 1.65. The summed E-state index contributed by atoms with van der Waals surface area (Å²) in [6.07, 6.45) is 3.44. The van der Waals surface area contributed by atoms with Gasteiger partial charge in [-0.15, -0.1) is 0 Å². The summed E-state index contributed by atoms with van der Waals surface area (Å²) in [5.74, 6) is -0.818. The summed E-state index contributed by atoms with van der Waals surface area (Å²) in [7, 11) is 0. The zero-order valence-electron chi connectivity index (χ0n) is 8.63. The van der Waals surface area contributed by atoms with Crippen LogP contribution < -0.4 is 0 Å². The highest BCUT2D eigenvalue weighted by atomic mass is 16.4. The molecule has 0 atom stereocenters. The summed E-state index contributed by atoms with van der Waals surface area (Å²) in [6.45, 7) is 0. The fraction of sp³-hybridized carbons (Fsp3) is 0.0769. The standard InChI is InChI=1S/C13H11NO2/c15-13(16)9-11-3-1-2-4-12(11)10-5-7-14-8-6-10/h1-8H,9H2,(H,15,16). The number of hydrogen-bond acceptors (Lipinski definition) is 2. The summed E-state index contributed by atoms with van der Waals surface area (Å²) < 4.78 is 0. The van der Waals surface area contributed by atoms with E-state index in [2.05, 4.69) is 4.98 Å². The van der Waals surface area contributed by atoms with Crippen LogP contribution in [0.25, 0.3) is 11.1 Å². The van der Waals surface area contributed by atoms with Crippen LogP contribution in [0, 0.1) is 0 Å². The van der Waals surface area contributed by atoms with Gasteiger partial charge in [-0.1, -0.05) is 24.3 Å². The molecule has 2 rings (SSSR count). The van der Waals surface area contributed by atoms with Crippen molar-refractivity contribution in [3.8, 4) is 11.1 Å². The Kier molecular flexibility index (Phi) is 2.96. The minimum absolute atomic E-state index is 0.0402. The van der Waals surface area contributed by atoms with Crippen molar-refractivity contribution < 1.29 is 9.90 Å². The summed E-state index contributed by atoms with van der Waals surface area (Å²) in [6, 6.07) is 11.3. The number of carboxylic acids is 1. The predicted octanol–water partition coefficient (Wildman–Crippen LogP) is 2.38. The highest BCUT2D eigenvalue weighted by molar-refractivity contribution is 5.76. The Labute approximate surface area is 93.4 Å². The SMILES string of the molecule is O=C(O)Cc1ccccc1-c1ccncc1. The summed E-state index contributed by atoms with van der Waals surface area (Å²) in [5, 5.41) is 8.83. The van der Waals surface area contributed by atoms with E-state index < -0.39 is 5.97 Å². The maximum atomic E-state index is 10.7. The number of hydrogen-bond donors (Lipinski definition) is 1. The molecule has 1 heterocycles. The first kappa shape index (κ1) is 10.4. The third-order valence-corrected chi connectivity index (χ3v) is 2.35. The van der Waals surface area contributed by atoms with Crippen LogP contribution in [0.1, 0.15) is 5.56 Å². The lowest BCUT2D eigenvalue weighted by Crippen LogP contribution is -2.01. The zero-order valence-corrected chi connectivity index (χ0v) is 8.63. The van der Waals surface area contributed by atoms with Gasteiger partial charge in [0.25, 0.3) is 0 Å². The minimum Gasteiger partial charge on any atom is -0.481 e. The lowest BCUT2D eigenvalue weighted by Gasteiger charge is -2.07.